The molecule has 2 atom stereocenters. The van der Waals surface area contributed by atoms with Crippen molar-refractivity contribution in [2.45, 2.75) is 31.8 Å². The molecule has 1 aromatic heterocycles. The summed E-state index contributed by atoms with van der Waals surface area (Å²) in [5.74, 6) is 0.0600. The van der Waals surface area contributed by atoms with E-state index in [4.69, 9.17) is 10.2 Å². The van der Waals surface area contributed by atoms with Crippen molar-refractivity contribution in [1.82, 2.24) is 10.6 Å². The third kappa shape index (κ3) is 3.57. The number of nitrogens with one attached hydrogen (secondary N) is 2. The summed E-state index contributed by atoms with van der Waals surface area (Å²) >= 11 is 0. The van der Waals surface area contributed by atoms with Crippen molar-refractivity contribution in [2.24, 2.45) is 11.7 Å². The summed E-state index contributed by atoms with van der Waals surface area (Å²) < 4.78 is 4.96. The van der Waals surface area contributed by atoms with E-state index in [1.54, 1.807) is 19.1 Å². The van der Waals surface area contributed by atoms with Crippen LogP contribution in [0, 0.1) is 5.92 Å². The molecule has 1 aromatic rings. The Labute approximate surface area is 111 Å². The summed E-state index contributed by atoms with van der Waals surface area (Å²) in [7, 11) is 0. The van der Waals surface area contributed by atoms with Gasteiger partial charge < -0.3 is 20.8 Å². The molecule has 1 aliphatic carbocycles. The normalized spacial score (nSPS) is 17.6. The van der Waals surface area contributed by atoms with Gasteiger partial charge in [0.2, 0.25) is 5.91 Å². The van der Waals surface area contributed by atoms with E-state index in [2.05, 4.69) is 10.6 Å². The standard InChI is InChI=1S/C13H19N3O3/c1-8(15-13(18)11-3-2-6-19-11)12(17)16-10(7-14)9-4-5-9/h2-3,6,8-10H,4-5,7,14H2,1H3,(H,15,18)(H,16,17). The highest BCUT2D eigenvalue weighted by Gasteiger charge is 2.32. The maximum Gasteiger partial charge on any atom is 0.287 e. The first kappa shape index (κ1) is 13.6. The Balaban J connectivity index is 1.83. The van der Waals surface area contributed by atoms with Crippen molar-refractivity contribution in [3.63, 3.8) is 0 Å². The SMILES string of the molecule is CC(NC(=O)c1ccco1)C(=O)NC(CN)C1CC1. The van der Waals surface area contributed by atoms with Gasteiger partial charge in [0.1, 0.15) is 6.04 Å². The quantitative estimate of drug-likeness (QED) is 0.687. The maximum absolute atomic E-state index is 11.9. The van der Waals surface area contributed by atoms with Crippen LogP contribution in [0.2, 0.25) is 0 Å². The van der Waals surface area contributed by atoms with Gasteiger partial charge in [-0.15, -0.1) is 0 Å². The highest BCUT2D eigenvalue weighted by atomic mass is 16.3. The lowest BCUT2D eigenvalue weighted by molar-refractivity contribution is -0.123. The fourth-order valence-electron chi connectivity index (χ4n) is 1.92. The van der Waals surface area contributed by atoms with E-state index in [0.717, 1.165) is 12.8 Å². The summed E-state index contributed by atoms with van der Waals surface area (Å²) in [4.78, 5) is 23.7. The number of hydrogen-bond donors (Lipinski definition) is 3. The van der Waals surface area contributed by atoms with Gasteiger partial charge in [0.05, 0.1) is 6.26 Å². The van der Waals surface area contributed by atoms with Gasteiger partial charge in [-0.25, -0.2) is 0 Å². The van der Waals surface area contributed by atoms with Crippen LogP contribution >= 0.6 is 0 Å². The van der Waals surface area contributed by atoms with E-state index in [0.29, 0.717) is 12.5 Å². The summed E-state index contributed by atoms with van der Waals surface area (Å²) in [6, 6.07) is 2.56. The molecule has 0 aliphatic heterocycles. The minimum absolute atomic E-state index is 0.00969. The van der Waals surface area contributed by atoms with E-state index in [1.165, 1.54) is 6.26 Å². The first-order valence-corrected chi connectivity index (χ1v) is 6.46. The molecule has 6 nitrogen and oxygen atoms in total. The maximum atomic E-state index is 11.9. The third-order valence-corrected chi connectivity index (χ3v) is 3.26. The molecule has 6 heteroatoms. The summed E-state index contributed by atoms with van der Waals surface area (Å²) in [6.45, 7) is 2.06. The molecule has 0 spiro atoms. The second-order valence-electron chi connectivity index (χ2n) is 4.86. The van der Waals surface area contributed by atoms with Crippen molar-refractivity contribution in [3.05, 3.63) is 24.2 Å². The highest BCUT2D eigenvalue weighted by Crippen LogP contribution is 2.32. The fourth-order valence-corrected chi connectivity index (χ4v) is 1.92. The molecule has 19 heavy (non-hydrogen) atoms. The lowest BCUT2D eigenvalue weighted by Gasteiger charge is -2.19. The van der Waals surface area contributed by atoms with E-state index in [-0.39, 0.29) is 17.7 Å². The number of furan rings is 1. The van der Waals surface area contributed by atoms with Gasteiger partial charge in [-0.3, -0.25) is 9.59 Å². The largest absolute Gasteiger partial charge is 0.459 e. The summed E-state index contributed by atoms with van der Waals surface area (Å²) in [6.07, 6.45) is 3.63. The molecule has 1 fully saturated rings. The van der Waals surface area contributed by atoms with Crippen LogP contribution in [-0.2, 0) is 4.79 Å². The molecule has 2 unspecified atom stereocenters. The van der Waals surface area contributed by atoms with Crippen LogP contribution in [0.5, 0.6) is 0 Å². The van der Waals surface area contributed by atoms with E-state index in [1.807, 2.05) is 0 Å². The Morgan fingerprint density at radius 2 is 2.21 bits per heavy atom. The minimum Gasteiger partial charge on any atom is -0.459 e. The number of rotatable bonds is 6. The molecule has 0 radical (unpaired) electrons. The Kier molecular flexibility index (Phi) is 4.21. The topological polar surface area (TPSA) is 97.4 Å². The zero-order valence-corrected chi connectivity index (χ0v) is 10.9. The van der Waals surface area contributed by atoms with Gasteiger partial charge in [0.15, 0.2) is 5.76 Å². The van der Waals surface area contributed by atoms with Crippen LogP contribution in [0.3, 0.4) is 0 Å². The molecule has 0 saturated heterocycles. The number of nitrogens with two attached hydrogens (primary N) is 1. The molecule has 2 rings (SSSR count). The molecule has 1 heterocycles. The average Bonchev–Trinajstić information content (AvgIpc) is 3.08. The molecule has 1 saturated carbocycles. The Morgan fingerprint density at radius 1 is 1.47 bits per heavy atom. The summed E-state index contributed by atoms with van der Waals surface area (Å²) in [5, 5.41) is 5.46. The van der Waals surface area contributed by atoms with Gasteiger partial charge in [0.25, 0.3) is 5.91 Å². The second kappa shape index (κ2) is 5.88. The molecule has 4 N–H and O–H groups in total. The Hall–Kier alpha value is -1.82. The molecule has 0 aromatic carbocycles. The van der Waals surface area contributed by atoms with Gasteiger partial charge in [-0.1, -0.05) is 0 Å². The van der Waals surface area contributed by atoms with Crippen LogP contribution in [0.25, 0.3) is 0 Å². The zero-order chi connectivity index (χ0) is 13.8. The fraction of sp³-hybridized carbons (Fsp3) is 0.538. The van der Waals surface area contributed by atoms with Crippen LogP contribution < -0.4 is 16.4 Å². The Morgan fingerprint density at radius 3 is 2.74 bits per heavy atom. The van der Waals surface area contributed by atoms with E-state index < -0.39 is 11.9 Å². The first-order chi connectivity index (χ1) is 9.11. The van der Waals surface area contributed by atoms with Crippen LogP contribution in [0.4, 0.5) is 0 Å². The number of carbonyl (C=O) groups excluding carboxylic acids is 2. The van der Waals surface area contributed by atoms with E-state index in [9.17, 15) is 9.59 Å². The van der Waals surface area contributed by atoms with Crippen molar-refractivity contribution >= 4 is 11.8 Å². The summed E-state index contributed by atoms with van der Waals surface area (Å²) in [5.41, 5.74) is 5.62. The average molecular weight is 265 g/mol. The van der Waals surface area contributed by atoms with Crippen LogP contribution in [0.15, 0.2) is 22.8 Å². The van der Waals surface area contributed by atoms with Crippen molar-refractivity contribution < 1.29 is 14.0 Å². The minimum atomic E-state index is -0.620. The number of carbonyl (C=O) groups is 2. The first-order valence-electron chi connectivity index (χ1n) is 6.46. The van der Waals surface area contributed by atoms with Crippen molar-refractivity contribution in [1.29, 1.82) is 0 Å². The predicted molar refractivity (Wildman–Crippen MR) is 69.3 cm³/mol. The van der Waals surface area contributed by atoms with Crippen LogP contribution in [-0.4, -0.2) is 30.4 Å². The predicted octanol–water partition coefficient (Wildman–Crippen LogP) is 0.251. The molecular formula is C13H19N3O3. The molecule has 104 valence electrons. The molecule has 0 bridgehead atoms. The van der Waals surface area contributed by atoms with Crippen molar-refractivity contribution in [2.75, 3.05) is 6.54 Å². The number of hydrogen-bond acceptors (Lipinski definition) is 4. The molecular weight excluding hydrogens is 246 g/mol. The van der Waals surface area contributed by atoms with Gasteiger partial charge in [-0.05, 0) is 37.8 Å². The van der Waals surface area contributed by atoms with E-state index >= 15 is 0 Å². The highest BCUT2D eigenvalue weighted by molar-refractivity contribution is 5.95. The van der Waals surface area contributed by atoms with Crippen molar-refractivity contribution in [3.8, 4) is 0 Å². The monoisotopic (exact) mass is 265 g/mol. The number of amides is 2. The van der Waals surface area contributed by atoms with Gasteiger partial charge in [0, 0.05) is 12.6 Å². The lowest BCUT2D eigenvalue weighted by atomic mass is 10.1. The van der Waals surface area contributed by atoms with Gasteiger partial charge in [-0.2, -0.15) is 0 Å². The molecule has 2 amide bonds. The smallest absolute Gasteiger partial charge is 0.287 e. The third-order valence-electron chi connectivity index (χ3n) is 3.26. The van der Waals surface area contributed by atoms with Gasteiger partial charge >= 0.3 is 0 Å². The molecule has 1 aliphatic rings. The Bertz CT molecular complexity index is 440. The lowest BCUT2D eigenvalue weighted by Crippen LogP contribution is -2.50. The zero-order valence-electron chi connectivity index (χ0n) is 10.9. The van der Waals surface area contributed by atoms with Crippen LogP contribution in [0.1, 0.15) is 30.3 Å². The second-order valence-corrected chi connectivity index (χ2v) is 4.86.